The summed E-state index contributed by atoms with van der Waals surface area (Å²) in [6.07, 6.45) is 1.48. The fourth-order valence-corrected chi connectivity index (χ4v) is 3.13. The Kier molecular flexibility index (Phi) is 6.36. The molecule has 0 unspecified atom stereocenters. The van der Waals surface area contributed by atoms with Gasteiger partial charge in [-0.2, -0.15) is 0 Å². The lowest BCUT2D eigenvalue weighted by Crippen LogP contribution is -2.15. The van der Waals surface area contributed by atoms with Gasteiger partial charge in [0.25, 0.3) is 5.91 Å². The predicted octanol–water partition coefficient (Wildman–Crippen LogP) is 4.17. The molecule has 0 saturated heterocycles. The monoisotopic (exact) mass is 450 g/mol. The van der Waals surface area contributed by atoms with Crippen LogP contribution < -0.4 is 10.6 Å². The molecule has 33 heavy (non-hydrogen) atoms. The molecule has 0 aliphatic rings. The molecule has 3 N–H and O–H groups in total. The van der Waals surface area contributed by atoms with Crippen LogP contribution in [0.1, 0.15) is 23.3 Å². The third-order valence-electron chi connectivity index (χ3n) is 4.88. The van der Waals surface area contributed by atoms with Gasteiger partial charge in [-0.1, -0.05) is 6.07 Å². The maximum atomic E-state index is 14.4. The highest BCUT2D eigenvalue weighted by molar-refractivity contribution is 6.04. The van der Waals surface area contributed by atoms with E-state index < -0.39 is 11.7 Å². The van der Waals surface area contributed by atoms with E-state index in [4.69, 9.17) is 0 Å². The van der Waals surface area contributed by atoms with Crippen molar-refractivity contribution >= 4 is 23.1 Å². The molecule has 0 bridgehead atoms. The number of carbonyl (C=O) groups excluding carboxylic acids is 1. The number of pyridine rings is 1. The number of hydrogen-bond acceptors (Lipinski definition) is 6. The van der Waals surface area contributed by atoms with Crippen LogP contribution in [0.5, 0.6) is 0 Å². The fraction of sp³-hybridized carbons (Fsp3) is 0.130. The summed E-state index contributed by atoms with van der Waals surface area (Å²) in [7, 11) is 0. The van der Waals surface area contributed by atoms with E-state index >= 15 is 0 Å². The molecule has 1 amide bonds. The van der Waals surface area contributed by atoms with Crippen molar-refractivity contribution in [2.24, 2.45) is 0 Å². The van der Waals surface area contributed by atoms with Crippen molar-refractivity contribution in [1.29, 1.82) is 0 Å². The van der Waals surface area contributed by atoms with Crippen LogP contribution in [0.4, 0.5) is 26.0 Å². The lowest BCUT2D eigenvalue weighted by Gasteiger charge is -2.13. The van der Waals surface area contributed by atoms with E-state index in [1.807, 2.05) is 0 Å². The second kappa shape index (κ2) is 9.53. The van der Waals surface area contributed by atoms with Crippen molar-refractivity contribution < 1.29 is 18.7 Å². The minimum absolute atomic E-state index is 0.108. The Morgan fingerprint density at radius 3 is 2.61 bits per heavy atom. The Hall–Kier alpha value is -4.18. The first-order chi connectivity index (χ1) is 15.9. The first kappa shape index (κ1) is 22.0. The van der Waals surface area contributed by atoms with Gasteiger partial charge in [0.1, 0.15) is 29.5 Å². The molecule has 2 aromatic heterocycles. The van der Waals surface area contributed by atoms with E-state index in [2.05, 4.69) is 25.8 Å². The number of anilines is 3. The van der Waals surface area contributed by atoms with Gasteiger partial charge in [0, 0.05) is 11.4 Å². The average molecular weight is 450 g/mol. The van der Waals surface area contributed by atoms with Crippen molar-refractivity contribution in [3.05, 3.63) is 84.2 Å². The minimum atomic E-state index is -0.704. The van der Waals surface area contributed by atoms with Crippen molar-refractivity contribution in [2.45, 2.75) is 13.0 Å². The third kappa shape index (κ3) is 5.01. The Balaban J connectivity index is 1.55. The van der Waals surface area contributed by atoms with Crippen LogP contribution in [0.15, 0.2) is 67.0 Å². The second-order valence-electron chi connectivity index (χ2n) is 7.28. The molecule has 2 aromatic carbocycles. The summed E-state index contributed by atoms with van der Waals surface area (Å²) < 4.78 is 29.2. The summed E-state index contributed by atoms with van der Waals surface area (Å²) in [5.41, 5.74) is 1.29. The largest absolute Gasteiger partial charge is 0.394 e. The quantitative estimate of drug-likeness (QED) is 0.390. The van der Waals surface area contributed by atoms with E-state index in [0.717, 1.165) is 0 Å². The summed E-state index contributed by atoms with van der Waals surface area (Å²) in [5, 5.41) is 22.9. The van der Waals surface area contributed by atoms with Crippen molar-refractivity contribution in [2.75, 3.05) is 17.2 Å². The summed E-state index contributed by atoms with van der Waals surface area (Å²) >= 11 is 0. The van der Waals surface area contributed by atoms with Gasteiger partial charge >= 0.3 is 0 Å². The number of halogens is 2. The van der Waals surface area contributed by atoms with Gasteiger partial charge < -0.3 is 20.3 Å². The average Bonchev–Trinajstić information content (AvgIpc) is 3.31. The molecule has 10 heteroatoms. The standard InChI is InChI=1S/C23H20F2N6O2/c1-14(12-32)31-13-26-30-22(31)20-3-2-4-21(28-20)29-23(33)18-11-17(9-10-19(18)25)27-16-7-5-15(24)6-8-16/h2-11,13-14,27,32H,12H2,1H3,(H,28,29,33)/t14-/m1/s1. The maximum Gasteiger partial charge on any atom is 0.259 e. The van der Waals surface area contributed by atoms with Crippen LogP contribution in [-0.4, -0.2) is 37.4 Å². The van der Waals surface area contributed by atoms with E-state index in [9.17, 15) is 18.7 Å². The number of aromatic nitrogens is 4. The van der Waals surface area contributed by atoms with Crippen LogP contribution >= 0.6 is 0 Å². The van der Waals surface area contributed by atoms with Gasteiger partial charge in [0.05, 0.1) is 18.2 Å². The predicted molar refractivity (Wildman–Crippen MR) is 119 cm³/mol. The van der Waals surface area contributed by atoms with Gasteiger partial charge in [-0.25, -0.2) is 13.8 Å². The molecule has 4 aromatic rings. The number of aliphatic hydroxyl groups is 1. The lowest BCUT2D eigenvalue weighted by atomic mass is 10.1. The molecular formula is C23H20F2N6O2. The van der Waals surface area contributed by atoms with E-state index in [1.165, 1.54) is 48.8 Å². The zero-order chi connectivity index (χ0) is 23.4. The number of amides is 1. The van der Waals surface area contributed by atoms with Gasteiger partial charge in [-0.05, 0) is 61.5 Å². The SMILES string of the molecule is C[C@H](CO)n1cnnc1-c1cccc(NC(=O)c2cc(Nc3ccc(F)cc3)ccc2F)n1. The van der Waals surface area contributed by atoms with Crippen LogP contribution in [0.3, 0.4) is 0 Å². The second-order valence-corrected chi connectivity index (χ2v) is 7.28. The smallest absolute Gasteiger partial charge is 0.259 e. The molecular weight excluding hydrogens is 430 g/mol. The maximum absolute atomic E-state index is 14.4. The lowest BCUT2D eigenvalue weighted by molar-refractivity contribution is 0.102. The summed E-state index contributed by atoms with van der Waals surface area (Å²) in [6.45, 7) is 1.69. The molecule has 0 radical (unpaired) electrons. The van der Waals surface area contributed by atoms with Gasteiger partial charge in [-0.3, -0.25) is 4.79 Å². The molecule has 0 spiro atoms. The van der Waals surface area contributed by atoms with Gasteiger partial charge in [0.2, 0.25) is 0 Å². The molecule has 0 saturated carbocycles. The van der Waals surface area contributed by atoms with Crippen molar-refractivity contribution in [1.82, 2.24) is 19.7 Å². The highest BCUT2D eigenvalue weighted by Gasteiger charge is 2.16. The zero-order valence-corrected chi connectivity index (χ0v) is 17.5. The van der Waals surface area contributed by atoms with Crippen LogP contribution in [0, 0.1) is 11.6 Å². The first-order valence-electron chi connectivity index (χ1n) is 10.1. The van der Waals surface area contributed by atoms with Crippen LogP contribution in [-0.2, 0) is 0 Å². The zero-order valence-electron chi connectivity index (χ0n) is 17.5. The number of rotatable bonds is 7. The highest BCUT2D eigenvalue weighted by Crippen LogP contribution is 2.23. The van der Waals surface area contributed by atoms with Crippen molar-refractivity contribution in [3.8, 4) is 11.5 Å². The molecule has 0 fully saturated rings. The third-order valence-corrected chi connectivity index (χ3v) is 4.88. The number of aliphatic hydroxyl groups excluding tert-OH is 1. The number of benzene rings is 2. The van der Waals surface area contributed by atoms with Crippen LogP contribution in [0.2, 0.25) is 0 Å². The summed E-state index contributed by atoms with van der Waals surface area (Å²) in [6, 6.07) is 14.3. The number of carbonyl (C=O) groups is 1. The molecule has 0 aliphatic carbocycles. The molecule has 1 atom stereocenters. The topological polar surface area (TPSA) is 105 Å². The number of nitrogens with one attached hydrogen (secondary N) is 2. The molecule has 2 heterocycles. The fourth-order valence-electron chi connectivity index (χ4n) is 3.13. The van der Waals surface area contributed by atoms with Gasteiger partial charge in [-0.15, -0.1) is 10.2 Å². The van der Waals surface area contributed by atoms with Gasteiger partial charge in [0.15, 0.2) is 5.82 Å². The van der Waals surface area contributed by atoms with E-state index in [-0.39, 0.29) is 29.8 Å². The molecule has 4 rings (SSSR count). The Bertz CT molecular complexity index is 1280. The van der Waals surface area contributed by atoms with Crippen molar-refractivity contribution in [3.63, 3.8) is 0 Å². The molecule has 0 aliphatic heterocycles. The van der Waals surface area contributed by atoms with E-state index in [1.54, 1.807) is 29.7 Å². The Morgan fingerprint density at radius 1 is 1.09 bits per heavy atom. The Labute approximate surface area is 187 Å². The van der Waals surface area contributed by atoms with E-state index in [0.29, 0.717) is 22.9 Å². The molecule has 8 nitrogen and oxygen atoms in total. The van der Waals surface area contributed by atoms with Crippen LogP contribution in [0.25, 0.3) is 11.5 Å². The number of hydrogen-bond donors (Lipinski definition) is 3. The summed E-state index contributed by atoms with van der Waals surface area (Å²) in [5.74, 6) is -1.15. The first-order valence-corrected chi connectivity index (χ1v) is 10.1. The molecule has 168 valence electrons. The number of nitrogens with zero attached hydrogens (tertiary/aromatic N) is 4. The summed E-state index contributed by atoms with van der Waals surface area (Å²) in [4.78, 5) is 17.1. The Morgan fingerprint density at radius 2 is 1.85 bits per heavy atom. The highest BCUT2D eigenvalue weighted by atomic mass is 19.1. The normalized spacial score (nSPS) is 11.8. The minimum Gasteiger partial charge on any atom is -0.394 e.